The molecule has 0 aliphatic rings. The second kappa shape index (κ2) is 11.1. The van der Waals surface area contributed by atoms with E-state index in [9.17, 15) is 0 Å². The molecule has 0 spiro atoms. The summed E-state index contributed by atoms with van der Waals surface area (Å²) < 4.78 is 5.37. The van der Waals surface area contributed by atoms with Crippen molar-refractivity contribution in [2.45, 2.75) is 77.7 Å². The normalized spacial score (nSPS) is 11.3. The molecule has 2 heteroatoms. The van der Waals surface area contributed by atoms with Crippen LogP contribution in [0.5, 0.6) is 0 Å². The summed E-state index contributed by atoms with van der Waals surface area (Å²) in [6, 6.07) is 4.73. The smallest absolute Gasteiger partial charge is 0.105 e. The molecule has 0 amide bonds. The van der Waals surface area contributed by atoms with Gasteiger partial charge in [0.25, 0.3) is 0 Å². The Bertz CT molecular complexity index is 271. The fraction of sp³-hybridized carbons (Fsp3) is 0.765. The number of hydrogen-bond donors (Lipinski definition) is 1. The first-order chi connectivity index (χ1) is 9.36. The minimum Gasteiger partial charge on any atom is -0.469 e. The van der Waals surface area contributed by atoms with Gasteiger partial charge in [0, 0.05) is 19.0 Å². The Balaban J connectivity index is 2.18. The molecule has 0 aliphatic carbocycles. The van der Waals surface area contributed by atoms with E-state index in [1.165, 1.54) is 51.4 Å². The lowest BCUT2D eigenvalue weighted by atomic mass is 10.0. The Labute approximate surface area is 119 Å². The molecule has 2 nitrogen and oxygen atoms in total. The second-order valence-electron chi connectivity index (χ2n) is 5.47. The fourth-order valence-corrected chi connectivity index (χ4v) is 2.48. The summed E-state index contributed by atoms with van der Waals surface area (Å²) in [6.45, 7) is 5.59. The van der Waals surface area contributed by atoms with E-state index in [0.717, 1.165) is 18.7 Å². The maximum Gasteiger partial charge on any atom is 0.105 e. The number of rotatable bonds is 12. The van der Waals surface area contributed by atoms with Gasteiger partial charge in [-0.1, -0.05) is 52.4 Å². The Hall–Kier alpha value is -0.760. The van der Waals surface area contributed by atoms with Gasteiger partial charge in [0.05, 0.1) is 6.26 Å². The van der Waals surface area contributed by atoms with Crippen molar-refractivity contribution in [2.75, 3.05) is 6.54 Å². The molecule has 0 aromatic carbocycles. The average molecular weight is 265 g/mol. The number of hydrogen-bond acceptors (Lipinski definition) is 2. The first-order valence-corrected chi connectivity index (χ1v) is 8.12. The topological polar surface area (TPSA) is 25.2 Å². The molecule has 1 heterocycles. The molecule has 0 bridgehead atoms. The molecule has 0 radical (unpaired) electrons. The molecule has 110 valence electrons. The van der Waals surface area contributed by atoms with Gasteiger partial charge in [-0.15, -0.1) is 0 Å². The van der Waals surface area contributed by atoms with Crippen molar-refractivity contribution in [1.82, 2.24) is 5.32 Å². The maximum absolute atomic E-state index is 5.37. The van der Waals surface area contributed by atoms with E-state index in [1.54, 1.807) is 6.26 Å². The highest BCUT2D eigenvalue weighted by atomic mass is 16.3. The number of unbranched alkanes of at least 4 members (excludes halogenated alkanes) is 4. The zero-order chi connectivity index (χ0) is 13.8. The van der Waals surface area contributed by atoms with Crippen LogP contribution in [-0.2, 0) is 6.42 Å². The third-order valence-electron chi connectivity index (χ3n) is 3.70. The van der Waals surface area contributed by atoms with Crippen molar-refractivity contribution < 1.29 is 4.42 Å². The highest BCUT2D eigenvalue weighted by Gasteiger charge is 2.07. The summed E-state index contributed by atoms with van der Waals surface area (Å²) in [4.78, 5) is 0. The Morgan fingerprint density at radius 1 is 1.05 bits per heavy atom. The maximum atomic E-state index is 5.37. The van der Waals surface area contributed by atoms with Gasteiger partial charge in [0.1, 0.15) is 5.76 Å². The van der Waals surface area contributed by atoms with Crippen LogP contribution in [0.4, 0.5) is 0 Å². The first kappa shape index (κ1) is 16.3. The Kier molecular flexibility index (Phi) is 9.52. The molecule has 0 saturated heterocycles. The lowest BCUT2D eigenvalue weighted by Gasteiger charge is -2.18. The number of furan rings is 1. The van der Waals surface area contributed by atoms with Gasteiger partial charge in [0.15, 0.2) is 0 Å². The van der Waals surface area contributed by atoms with Crippen molar-refractivity contribution >= 4 is 0 Å². The Morgan fingerprint density at radius 3 is 2.26 bits per heavy atom. The van der Waals surface area contributed by atoms with Crippen LogP contribution < -0.4 is 5.32 Å². The van der Waals surface area contributed by atoms with Gasteiger partial charge in [-0.2, -0.15) is 0 Å². The highest BCUT2D eigenvalue weighted by Crippen LogP contribution is 2.11. The van der Waals surface area contributed by atoms with Gasteiger partial charge in [-0.05, 0) is 25.0 Å². The SMILES string of the molecule is CCCCCC(CCCCC)NCCc1ccco1. The highest BCUT2D eigenvalue weighted by molar-refractivity contribution is 4.98. The quantitative estimate of drug-likeness (QED) is 0.541. The third-order valence-corrected chi connectivity index (χ3v) is 3.70. The minimum absolute atomic E-state index is 0.702. The molecular weight excluding hydrogens is 234 g/mol. The van der Waals surface area contributed by atoms with E-state index < -0.39 is 0 Å². The van der Waals surface area contributed by atoms with Gasteiger partial charge < -0.3 is 9.73 Å². The lowest BCUT2D eigenvalue weighted by Crippen LogP contribution is -2.30. The van der Waals surface area contributed by atoms with Crippen LogP contribution in [0.3, 0.4) is 0 Å². The van der Waals surface area contributed by atoms with E-state index in [1.807, 2.05) is 6.07 Å². The van der Waals surface area contributed by atoms with E-state index in [2.05, 4.69) is 25.2 Å². The van der Waals surface area contributed by atoms with Crippen LogP contribution in [-0.4, -0.2) is 12.6 Å². The van der Waals surface area contributed by atoms with Crippen molar-refractivity contribution in [3.63, 3.8) is 0 Å². The van der Waals surface area contributed by atoms with Crippen LogP contribution >= 0.6 is 0 Å². The summed E-state index contributed by atoms with van der Waals surface area (Å²) in [5.74, 6) is 1.09. The van der Waals surface area contributed by atoms with E-state index >= 15 is 0 Å². The molecule has 1 aromatic heterocycles. The van der Waals surface area contributed by atoms with Crippen molar-refractivity contribution in [3.8, 4) is 0 Å². The van der Waals surface area contributed by atoms with Gasteiger partial charge in [-0.3, -0.25) is 0 Å². The summed E-state index contributed by atoms with van der Waals surface area (Å²) in [7, 11) is 0. The molecular formula is C17H31NO. The molecule has 1 rings (SSSR count). The van der Waals surface area contributed by atoms with E-state index in [-0.39, 0.29) is 0 Å². The summed E-state index contributed by atoms with van der Waals surface area (Å²) in [5, 5.41) is 3.72. The molecule has 0 fully saturated rings. The standard InChI is InChI=1S/C17H31NO/c1-3-5-7-10-16(11-8-6-4-2)18-14-13-17-12-9-15-19-17/h9,12,15-16,18H,3-8,10-11,13-14H2,1-2H3. The lowest BCUT2D eigenvalue weighted by molar-refractivity contribution is 0.411. The van der Waals surface area contributed by atoms with Gasteiger partial charge >= 0.3 is 0 Å². The summed E-state index contributed by atoms with van der Waals surface area (Å²) in [5.41, 5.74) is 0. The predicted octanol–water partition coefficient (Wildman–Crippen LogP) is 4.94. The molecule has 0 atom stereocenters. The predicted molar refractivity (Wildman–Crippen MR) is 82.5 cm³/mol. The monoisotopic (exact) mass is 265 g/mol. The molecule has 0 saturated carbocycles. The largest absolute Gasteiger partial charge is 0.469 e. The van der Waals surface area contributed by atoms with Crippen LogP contribution in [0.2, 0.25) is 0 Å². The van der Waals surface area contributed by atoms with Gasteiger partial charge in [0.2, 0.25) is 0 Å². The molecule has 0 aliphatic heterocycles. The molecule has 1 aromatic rings. The van der Waals surface area contributed by atoms with E-state index in [0.29, 0.717) is 6.04 Å². The van der Waals surface area contributed by atoms with E-state index in [4.69, 9.17) is 4.42 Å². The van der Waals surface area contributed by atoms with Crippen molar-refractivity contribution in [3.05, 3.63) is 24.2 Å². The molecule has 0 unspecified atom stereocenters. The summed E-state index contributed by atoms with van der Waals surface area (Å²) in [6.07, 6.45) is 13.5. The number of nitrogens with one attached hydrogen (secondary N) is 1. The first-order valence-electron chi connectivity index (χ1n) is 8.12. The third kappa shape index (κ3) is 8.10. The van der Waals surface area contributed by atoms with Crippen LogP contribution in [0.25, 0.3) is 0 Å². The van der Waals surface area contributed by atoms with Crippen LogP contribution in [0.15, 0.2) is 22.8 Å². The zero-order valence-corrected chi connectivity index (χ0v) is 12.8. The summed E-state index contributed by atoms with van der Waals surface area (Å²) >= 11 is 0. The van der Waals surface area contributed by atoms with Crippen molar-refractivity contribution in [2.24, 2.45) is 0 Å². The molecule has 19 heavy (non-hydrogen) atoms. The van der Waals surface area contributed by atoms with Crippen molar-refractivity contribution in [1.29, 1.82) is 0 Å². The van der Waals surface area contributed by atoms with Gasteiger partial charge in [-0.25, -0.2) is 0 Å². The van der Waals surface area contributed by atoms with Crippen LogP contribution in [0.1, 0.15) is 71.0 Å². The fourth-order valence-electron chi connectivity index (χ4n) is 2.48. The minimum atomic E-state index is 0.702. The average Bonchev–Trinajstić information content (AvgIpc) is 2.92. The zero-order valence-electron chi connectivity index (χ0n) is 12.8. The Morgan fingerprint density at radius 2 is 1.74 bits per heavy atom. The second-order valence-corrected chi connectivity index (χ2v) is 5.47. The van der Waals surface area contributed by atoms with Crippen LogP contribution in [0, 0.1) is 0 Å². The molecule has 1 N–H and O–H groups in total.